The molecule has 1 aromatic carbocycles. The van der Waals surface area contributed by atoms with Crippen LogP contribution in [0.5, 0.6) is 11.7 Å². The van der Waals surface area contributed by atoms with Crippen molar-refractivity contribution in [2.45, 2.75) is 25.0 Å². The Kier molecular flexibility index (Phi) is 3.35. The molecule has 1 saturated heterocycles. The smallest absolute Gasteiger partial charge is 0.290 e. The molecule has 1 N–H and O–H groups in total. The average Bonchev–Trinajstić information content (AvgIpc) is 3.12. The Morgan fingerprint density at radius 1 is 1.18 bits per heavy atom. The van der Waals surface area contributed by atoms with Crippen LogP contribution in [0.1, 0.15) is 23.4 Å². The van der Waals surface area contributed by atoms with E-state index in [9.17, 15) is 4.79 Å². The first-order valence-electron chi connectivity index (χ1n) is 7.55. The van der Waals surface area contributed by atoms with Gasteiger partial charge >= 0.3 is 0 Å². The summed E-state index contributed by atoms with van der Waals surface area (Å²) in [6, 6.07) is 12.8. The number of para-hydroxylation sites is 1. The van der Waals surface area contributed by atoms with E-state index < -0.39 is 0 Å². The molecule has 4 rings (SSSR count). The molecule has 2 aromatic rings. The Bertz CT molecular complexity index is 666. The summed E-state index contributed by atoms with van der Waals surface area (Å²) in [5.41, 5.74) is 0. The summed E-state index contributed by atoms with van der Waals surface area (Å²) in [6.45, 7) is 0.803. The first kappa shape index (κ1) is 13.4. The SMILES string of the molecule is O=C(N[C@@H]1C[C@@H]2OCC[C@@H]21)c1ccc(Oc2ccccc2)o1. The van der Waals surface area contributed by atoms with Crippen molar-refractivity contribution in [2.24, 2.45) is 5.92 Å². The van der Waals surface area contributed by atoms with Gasteiger partial charge in [-0.15, -0.1) is 0 Å². The quantitative estimate of drug-likeness (QED) is 0.943. The molecular weight excluding hydrogens is 282 g/mol. The highest BCUT2D eigenvalue weighted by molar-refractivity contribution is 5.91. The Balaban J connectivity index is 1.37. The van der Waals surface area contributed by atoms with Gasteiger partial charge in [0.05, 0.1) is 6.10 Å². The van der Waals surface area contributed by atoms with Crippen molar-refractivity contribution in [1.82, 2.24) is 5.32 Å². The van der Waals surface area contributed by atoms with E-state index in [-0.39, 0.29) is 17.7 Å². The van der Waals surface area contributed by atoms with E-state index in [1.807, 2.05) is 30.3 Å². The number of nitrogens with one attached hydrogen (secondary N) is 1. The summed E-state index contributed by atoms with van der Waals surface area (Å²) in [7, 11) is 0. The van der Waals surface area contributed by atoms with Crippen LogP contribution in [0.15, 0.2) is 46.9 Å². The van der Waals surface area contributed by atoms with Crippen LogP contribution >= 0.6 is 0 Å². The van der Waals surface area contributed by atoms with Crippen LogP contribution < -0.4 is 10.1 Å². The van der Waals surface area contributed by atoms with Crippen molar-refractivity contribution in [2.75, 3.05) is 6.61 Å². The summed E-state index contributed by atoms with van der Waals surface area (Å²) in [6.07, 6.45) is 2.25. The van der Waals surface area contributed by atoms with Crippen molar-refractivity contribution >= 4 is 5.91 Å². The topological polar surface area (TPSA) is 60.7 Å². The molecular formula is C17H17NO4. The molecule has 5 heteroatoms. The maximum absolute atomic E-state index is 12.2. The van der Waals surface area contributed by atoms with Crippen LogP contribution in [0, 0.1) is 5.92 Å². The van der Waals surface area contributed by atoms with Crippen molar-refractivity contribution in [3.05, 3.63) is 48.2 Å². The number of hydrogen-bond donors (Lipinski definition) is 1. The van der Waals surface area contributed by atoms with Crippen LogP contribution in [0.2, 0.25) is 0 Å². The molecule has 5 nitrogen and oxygen atoms in total. The summed E-state index contributed by atoms with van der Waals surface area (Å²) in [5, 5.41) is 3.01. The number of carbonyl (C=O) groups excluding carboxylic acids is 1. The minimum atomic E-state index is -0.196. The molecule has 1 saturated carbocycles. The lowest BCUT2D eigenvalue weighted by atomic mass is 9.76. The number of hydrogen-bond acceptors (Lipinski definition) is 4. The lowest BCUT2D eigenvalue weighted by molar-refractivity contribution is 0.00768. The second-order valence-corrected chi connectivity index (χ2v) is 5.71. The molecule has 1 aliphatic heterocycles. The summed E-state index contributed by atoms with van der Waals surface area (Å²) >= 11 is 0. The van der Waals surface area contributed by atoms with Crippen LogP contribution in [0.3, 0.4) is 0 Å². The first-order chi connectivity index (χ1) is 10.8. The molecule has 1 aromatic heterocycles. The zero-order valence-corrected chi connectivity index (χ0v) is 12.0. The molecule has 2 aliphatic rings. The fourth-order valence-electron chi connectivity index (χ4n) is 3.10. The Hall–Kier alpha value is -2.27. The van der Waals surface area contributed by atoms with Crippen LogP contribution in [-0.2, 0) is 4.74 Å². The van der Waals surface area contributed by atoms with Gasteiger partial charge < -0.3 is 19.2 Å². The largest absolute Gasteiger partial charge is 0.426 e. The summed E-state index contributed by atoms with van der Waals surface area (Å²) in [5.74, 6) is 1.52. The highest BCUT2D eigenvalue weighted by atomic mass is 16.6. The van der Waals surface area contributed by atoms with E-state index in [0.29, 0.717) is 23.7 Å². The van der Waals surface area contributed by atoms with Gasteiger partial charge in [-0.2, -0.15) is 0 Å². The fourth-order valence-corrected chi connectivity index (χ4v) is 3.10. The summed E-state index contributed by atoms with van der Waals surface area (Å²) in [4.78, 5) is 12.2. The predicted octanol–water partition coefficient (Wildman–Crippen LogP) is 2.98. The molecule has 0 radical (unpaired) electrons. The Labute approximate surface area is 128 Å². The van der Waals surface area contributed by atoms with Crippen LogP contribution in [0.4, 0.5) is 0 Å². The molecule has 0 unspecified atom stereocenters. The minimum Gasteiger partial charge on any atom is -0.426 e. The summed E-state index contributed by atoms with van der Waals surface area (Å²) < 4.78 is 16.6. The van der Waals surface area contributed by atoms with Gasteiger partial charge in [0.1, 0.15) is 5.75 Å². The van der Waals surface area contributed by atoms with Gasteiger partial charge in [0.2, 0.25) is 0 Å². The lowest BCUT2D eigenvalue weighted by Crippen LogP contribution is -2.53. The highest BCUT2D eigenvalue weighted by Gasteiger charge is 2.45. The van der Waals surface area contributed by atoms with Gasteiger partial charge in [0, 0.05) is 24.6 Å². The number of amides is 1. The van der Waals surface area contributed by atoms with Gasteiger partial charge in [-0.1, -0.05) is 18.2 Å². The highest BCUT2D eigenvalue weighted by Crippen LogP contribution is 2.38. The molecule has 0 spiro atoms. The van der Waals surface area contributed by atoms with E-state index >= 15 is 0 Å². The standard InChI is InChI=1S/C17H17NO4/c19-17(18-13-10-15-12(13)8-9-20-15)14-6-7-16(22-14)21-11-4-2-1-3-5-11/h1-7,12-13,15H,8-10H2,(H,18,19)/t12-,13-,15+/m1/s1. The van der Waals surface area contributed by atoms with Crippen molar-refractivity contribution in [3.8, 4) is 11.7 Å². The van der Waals surface area contributed by atoms with E-state index in [0.717, 1.165) is 19.4 Å². The van der Waals surface area contributed by atoms with Crippen LogP contribution in [0.25, 0.3) is 0 Å². The fraction of sp³-hybridized carbons (Fsp3) is 0.353. The third-order valence-electron chi connectivity index (χ3n) is 4.35. The van der Waals surface area contributed by atoms with Gasteiger partial charge in [-0.3, -0.25) is 4.79 Å². The van der Waals surface area contributed by atoms with E-state index in [2.05, 4.69) is 5.32 Å². The van der Waals surface area contributed by atoms with E-state index in [1.54, 1.807) is 12.1 Å². The lowest BCUT2D eigenvalue weighted by Gasteiger charge is -2.39. The van der Waals surface area contributed by atoms with Gasteiger partial charge in [0.15, 0.2) is 5.76 Å². The third kappa shape index (κ3) is 2.48. The minimum absolute atomic E-state index is 0.196. The maximum atomic E-state index is 12.2. The molecule has 1 amide bonds. The molecule has 2 fully saturated rings. The van der Waals surface area contributed by atoms with Crippen molar-refractivity contribution in [3.63, 3.8) is 0 Å². The molecule has 3 atom stereocenters. The molecule has 0 bridgehead atoms. The number of fused-ring (bicyclic) bond motifs is 1. The third-order valence-corrected chi connectivity index (χ3v) is 4.35. The maximum Gasteiger partial charge on any atom is 0.290 e. The zero-order chi connectivity index (χ0) is 14.9. The molecule has 114 valence electrons. The van der Waals surface area contributed by atoms with Gasteiger partial charge in [-0.25, -0.2) is 0 Å². The van der Waals surface area contributed by atoms with Gasteiger partial charge in [0.25, 0.3) is 11.9 Å². The van der Waals surface area contributed by atoms with Crippen molar-refractivity contribution < 1.29 is 18.7 Å². The number of carbonyl (C=O) groups is 1. The second-order valence-electron chi connectivity index (χ2n) is 5.71. The zero-order valence-electron chi connectivity index (χ0n) is 12.0. The van der Waals surface area contributed by atoms with Crippen molar-refractivity contribution in [1.29, 1.82) is 0 Å². The normalized spacial score (nSPS) is 26.1. The molecule has 2 heterocycles. The number of benzene rings is 1. The molecule has 22 heavy (non-hydrogen) atoms. The average molecular weight is 299 g/mol. The van der Waals surface area contributed by atoms with E-state index in [1.165, 1.54) is 0 Å². The van der Waals surface area contributed by atoms with Gasteiger partial charge in [-0.05, 0) is 31.0 Å². The van der Waals surface area contributed by atoms with E-state index in [4.69, 9.17) is 13.9 Å². The monoisotopic (exact) mass is 299 g/mol. The number of rotatable bonds is 4. The Morgan fingerprint density at radius 3 is 2.86 bits per heavy atom. The second kappa shape index (κ2) is 5.50. The molecule has 1 aliphatic carbocycles. The Morgan fingerprint density at radius 2 is 2.05 bits per heavy atom. The van der Waals surface area contributed by atoms with Crippen LogP contribution in [-0.4, -0.2) is 24.7 Å². The first-order valence-corrected chi connectivity index (χ1v) is 7.55. The predicted molar refractivity (Wildman–Crippen MR) is 78.9 cm³/mol. The number of furan rings is 1. The number of ether oxygens (including phenoxy) is 2.